The Hall–Kier alpha value is -2.34. The molecule has 0 saturated heterocycles. The molecular formula is C11H12ClN5O. The Morgan fingerprint density at radius 3 is 2.22 bits per heavy atom. The standard InChI is InChI=1S/C11H11N5O.ClH/c12-10-6-5-9(11(13)14-10)16-15-7-1-3-8(17)4-2-7;/h1-6,17H,(H4,12,13,14);1H. The van der Waals surface area contributed by atoms with Gasteiger partial charge in [0.15, 0.2) is 5.82 Å². The molecule has 0 bridgehead atoms. The Balaban J connectivity index is 0.00000162. The number of benzene rings is 1. The summed E-state index contributed by atoms with van der Waals surface area (Å²) in [4.78, 5) is 3.86. The molecule has 6 nitrogen and oxygen atoms in total. The van der Waals surface area contributed by atoms with Gasteiger partial charge in [0.05, 0.1) is 5.69 Å². The third kappa shape index (κ3) is 3.33. The van der Waals surface area contributed by atoms with Crippen molar-refractivity contribution in [3.8, 4) is 5.75 Å². The average molecular weight is 266 g/mol. The van der Waals surface area contributed by atoms with Crippen molar-refractivity contribution < 1.29 is 5.11 Å². The summed E-state index contributed by atoms with van der Waals surface area (Å²) in [5, 5.41) is 17.0. The number of nitrogens with zero attached hydrogens (tertiary/aromatic N) is 3. The summed E-state index contributed by atoms with van der Waals surface area (Å²) in [6.45, 7) is 0. The first-order chi connectivity index (χ1) is 8.15. The summed E-state index contributed by atoms with van der Waals surface area (Å²) in [7, 11) is 0. The van der Waals surface area contributed by atoms with E-state index in [0.717, 1.165) is 0 Å². The van der Waals surface area contributed by atoms with E-state index in [4.69, 9.17) is 16.6 Å². The smallest absolute Gasteiger partial charge is 0.153 e. The molecule has 18 heavy (non-hydrogen) atoms. The first kappa shape index (κ1) is 13.7. The maximum absolute atomic E-state index is 9.10. The Bertz CT molecular complexity index is 556. The fraction of sp³-hybridized carbons (Fsp3) is 0. The maximum Gasteiger partial charge on any atom is 0.153 e. The van der Waals surface area contributed by atoms with Gasteiger partial charge in [0.2, 0.25) is 0 Å². The number of nitrogens with two attached hydrogens (primary N) is 2. The first-order valence-corrected chi connectivity index (χ1v) is 4.88. The SMILES string of the molecule is Cl.Nc1ccc(N=Nc2ccc(O)cc2)c(N)n1. The molecule has 0 spiro atoms. The van der Waals surface area contributed by atoms with E-state index < -0.39 is 0 Å². The van der Waals surface area contributed by atoms with Gasteiger partial charge < -0.3 is 16.6 Å². The van der Waals surface area contributed by atoms with Crippen molar-refractivity contribution in [1.29, 1.82) is 0 Å². The molecule has 0 unspecified atom stereocenters. The minimum absolute atomic E-state index is 0. The summed E-state index contributed by atoms with van der Waals surface area (Å²) in [6, 6.07) is 9.57. The van der Waals surface area contributed by atoms with Gasteiger partial charge in [-0.3, -0.25) is 0 Å². The van der Waals surface area contributed by atoms with Gasteiger partial charge in [-0.25, -0.2) is 4.98 Å². The largest absolute Gasteiger partial charge is 0.508 e. The Labute approximate surface area is 110 Å². The van der Waals surface area contributed by atoms with Crippen molar-refractivity contribution in [2.24, 2.45) is 10.2 Å². The topological polar surface area (TPSA) is 110 Å². The van der Waals surface area contributed by atoms with Crippen LogP contribution in [0.2, 0.25) is 0 Å². The highest BCUT2D eigenvalue weighted by atomic mass is 35.5. The van der Waals surface area contributed by atoms with Gasteiger partial charge in [0.1, 0.15) is 17.3 Å². The van der Waals surface area contributed by atoms with Crippen LogP contribution in [0.25, 0.3) is 0 Å². The number of halogens is 1. The molecule has 0 aliphatic heterocycles. The second-order valence-electron chi connectivity index (χ2n) is 3.36. The van der Waals surface area contributed by atoms with Gasteiger partial charge in [-0.2, -0.15) is 5.11 Å². The molecule has 94 valence electrons. The zero-order valence-electron chi connectivity index (χ0n) is 9.32. The molecule has 2 aromatic rings. The Kier molecular flexibility index (Phi) is 4.45. The number of hydrogen-bond donors (Lipinski definition) is 3. The molecule has 7 heteroatoms. The van der Waals surface area contributed by atoms with Gasteiger partial charge in [-0.1, -0.05) is 0 Å². The number of hydrogen-bond acceptors (Lipinski definition) is 6. The number of nitrogen functional groups attached to an aromatic ring is 2. The van der Waals surface area contributed by atoms with Crippen LogP contribution in [0.5, 0.6) is 5.75 Å². The van der Waals surface area contributed by atoms with Crippen molar-refractivity contribution in [2.75, 3.05) is 11.5 Å². The fourth-order valence-corrected chi connectivity index (χ4v) is 1.20. The molecule has 1 aromatic heterocycles. The van der Waals surface area contributed by atoms with Gasteiger partial charge in [0, 0.05) is 0 Å². The highest BCUT2D eigenvalue weighted by Gasteiger charge is 1.99. The van der Waals surface area contributed by atoms with Crippen molar-refractivity contribution in [3.63, 3.8) is 0 Å². The molecule has 0 amide bonds. The lowest BCUT2D eigenvalue weighted by molar-refractivity contribution is 0.475. The predicted molar refractivity (Wildman–Crippen MR) is 72.6 cm³/mol. The summed E-state index contributed by atoms with van der Waals surface area (Å²) in [5.74, 6) is 0.747. The number of anilines is 2. The number of azo groups is 1. The normalized spacial score (nSPS) is 10.2. The van der Waals surface area contributed by atoms with Crippen LogP contribution in [-0.4, -0.2) is 10.1 Å². The fourth-order valence-electron chi connectivity index (χ4n) is 1.20. The molecule has 5 N–H and O–H groups in total. The highest BCUT2D eigenvalue weighted by Crippen LogP contribution is 2.24. The highest BCUT2D eigenvalue weighted by molar-refractivity contribution is 5.85. The molecule has 0 aliphatic carbocycles. The van der Waals surface area contributed by atoms with Crippen LogP contribution in [0.1, 0.15) is 0 Å². The molecule has 1 aromatic carbocycles. The lowest BCUT2D eigenvalue weighted by Crippen LogP contribution is -1.95. The minimum Gasteiger partial charge on any atom is -0.508 e. The van der Waals surface area contributed by atoms with Crippen molar-refractivity contribution >= 4 is 35.4 Å². The van der Waals surface area contributed by atoms with Gasteiger partial charge in [-0.15, -0.1) is 17.5 Å². The zero-order chi connectivity index (χ0) is 12.3. The monoisotopic (exact) mass is 265 g/mol. The number of rotatable bonds is 2. The molecule has 0 aliphatic rings. The molecule has 0 fully saturated rings. The van der Waals surface area contributed by atoms with E-state index in [9.17, 15) is 0 Å². The van der Waals surface area contributed by atoms with Crippen LogP contribution in [0.3, 0.4) is 0 Å². The van der Waals surface area contributed by atoms with Crippen LogP contribution in [0.15, 0.2) is 46.6 Å². The number of phenols is 1. The van der Waals surface area contributed by atoms with Gasteiger partial charge in [-0.05, 0) is 36.4 Å². The van der Waals surface area contributed by atoms with Crippen LogP contribution >= 0.6 is 12.4 Å². The quantitative estimate of drug-likeness (QED) is 0.725. The van der Waals surface area contributed by atoms with Crippen molar-refractivity contribution in [1.82, 2.24) is 4.98 Å². The second-order valence-corrected chi connectivity index (χ2v) is 3.36. The maximum atomic E-state index is 9.10. The molecule has 0 radical (unpaired) electrons. The summed E-state index contributed by atoms with van der Waals surface area (Å²) in [5.41, 5.74) is 12.1. The molecule has 0 saturated carbocycles. The lowest BCUT2D eigenvalue weighted by Gasteiger charge is -1.98. The van der Waals surface area contributed by atoms with E-state index in [1.54, 1.807) is 24.3 Å². The third-order valence-electron chi connectivity index (χ3n) is 2.05. The van der Waals surface area contributed by atoms with Crippen molar-refractivity contribution in [3.05, 3.63) is 36.4 Å². The van der Waals surface area contributed by atoms with Crippen molar-refractivity contribution in [2.45, 2.75) is 0 Å². The summed E-state index contributed by atoms with van der Waals surface area (Å²) < 4.78 is 0. The van der Waals surface area contributed by atoms with E-state index in [1.165, 1.54) is 12.1 Å². The predicted octanol–water partition coefficient (Wildman–Crippen LogP) is 2.79. The lowest BCUT2D eigenvalue weighted by atomic mass is 10.3. The Morgan fingerprint density at radius 2 is 1.61 bits per heavy atom. The third-order valence-corrected chi connectivity index (χ3v) is 2.05. The number of aromatic hydroxyl groups is 1. The van der Waals surface area contributed by atoms with Crippen LogP contribution < -0.4 is 11.5 Å². The molecule has 0 atom stereocenters. The average Bonchev–Trinajstić information content (AvgIpc) is 2.30. The molecule has 1 heterocycles. The van der Waals surface area contributed by atoms with Crippen LogP contribution in [0, 0.1) is 0 Å². The van der Waals surface area contributed by atoms with Crippen LogP contribution in [0.4, 0.5) is 23.0 Å². The minimum atomic E-state index is 0. The van der Waals surface area contributed by atoms with E-state index in [0.29, 0.717) is 17.2 Å². The number of pyridine rings is 1. The van der Waals surface area contributed by atoms with Crippen LogP contribution in [-0.2, 0) is 0 Å². The van der Waals surface area contributed by atoms with Gasteiger partial charge >= 0.3 is 0 Å². The number of phenolic OH excluding ortho intramolecular Hbond substituents is 1. The first-order valence-electron chi connectivity index (χ1n) is 4.88. The van der Waals surface area contributed by atoms with Gasteiger partial charge in [0.25, 0.3) is 0 Å². The molecule has 2 rings (SSSR count). The van der Waals surface area contributed by atoms with E-state index >= 15 is 0 Å². The van der Waals surface area contributed by atoms with E-state index in [2.05, 4.69) is 15.2 Å². The molecular weight excluding hydrogens is 254 g/mol. The Morgan fingerprint density at radius 1 is 0.944 bits per heavy atom. The second kappa shape index (κ2) is 5.83. The number of aromatic nitrogens is 1. The van der Waals surface area contributed by atoms with E-state index in [1.807, 2.05) is 0 Å². The van der Waals surface area contributed by atoms with E-state index in [-0.39, 0.29) is 24.0 Å². The summed E-state index contributed by atoms with van der Waals surface area (Å²) in [6.07, 6.45) is 0. The summed E-state index contributed by atoms with van der Waals surface area (Å²) >= 11 is 0. The zero-order valence-corrected chi connectivity index (χ0v) is 10.1.